The van der Waals surface area contributed by atoms with Crippen molar-refractivity contribution < 1.29 is 40.4 Å². The van der Waals surface area contributed by atoms with Crippen molar-refractivity contribution in [3.63, 3.8) is 0 Å². The standard InChI is InChI=1S/C24H20B.2C10H15.Sm/c1-5-13-21(14-6-1)25(22-15-7-2-8-16-22,23-17-9-3-10-18-23)24-19-11-4-12-20-24;2*1-6-7(2)9(4)10(5)8(6)3;/h1-20H;2*1-5H3;/q-1;;;+3. The molecule has 4 aromatic rings. The average molecular weight is 740 g/mol. The molecule has 2 saturated carbocycles. The van der Waals surface area contributed by atoms with Gasteiger partial charge in [0.1, 0.15) is 6.15 Å². The molecule has 2 aliphatic carbocycles. The number of hydrogen-bond donors (Lipinski definition) is 0. The summed E-state index contributed by atoms with van der Waals surface area (Å²) in [5, 5.41) is 0. The van der Waals surface area contributed by atoms with Gasteiger partial charge in [-0.3, -0.25) is 0 Å². The topological polar surface area (TPSA) is 0 Å². The van der Waals surface area contributed by atoms with Crippen LogP contribution in [0.25, 0.3) is 0 Å². The maximum Gasteiger partial charge on any atom is 3.00 e. The van der Waals surface area contributed by atoms with Crippen molar-refractivity contribution >= 4 is 28.0 Å². The molecular formula is C44H50BSm+2. The van der Waals surface area contributed by atoms with Gasteiger partial charge in [0.25, 0.3) is 0 Å². The quantitative estimate of drug-likeness (QED) is 0.184. The second-order valence-electron chi connectivity index (χ2n) is 12.8. The van der Waals surface area contributed by atoms with Gasteiger partial charge in [0, 0.05) is 0 Å². The van der Waals surface area contributed by atoms with Crippen molar-refractivity contribution in [1.29, 1.82) is 0 Å². The first-order chi connectivity index (χ1) is 21.5. The summed E-state index contributed by atoms with van der Waals surface area (Å²) in [4.78, 5) is 0. The van der Waals surface area contributed by atoms with Crippen molar-refractivity contribution in [2.24, 2.45) is 0 Å². The van der Waals surface area contributed by atoms with E-state index < -0.39 is 6.15 Å². The Kier molecular flexibility index (Phi) is 14.8. The van der Waals surface area contributed by atoms with Crippen LogP contribution in [0.15, 0.2) is 121 Å². The zero-order chi connectivity index (χ0) is 32.7. The molecule has 46 heavy (non-hydrogen) atoms. The van der Waals surface area contributed by atoms with Gasteiger partial charge >= 0.3 is 40.4 Å². The van der Waals surface area contributed by atoms with Crippen LogP contribution in [0, 0.1) is 99.6 Å². The second kappa shape index (κ2) is 17.6. The Labute approximate surface area is 315 Å². The van der Waals surface area contributed by atoms with E-state index in [-0.39, 0.29) is 40.4 Å². The normalized spacial score (nSPS) is 18.5. The first-order valence-electron chi connectivity index (χ1n) is 16.3. The monoisotopic (exact) mass is 741 g/mol. The van der Waals surface area contributed by atoms with Crippen LogP contribution in [-0.4, -0.2) is 6.15 Å². The zero-order valence-electron chi connectivity index (χ0n) is 29.5. The fourth-order valence-corrected chi connectivity index (χ4v) is 6.93. The van der Waals surface area contributed by atoms with E-state index in [1.54, 1.807) is 0 Å². The molecule has 2 fully saturated rings. The van der Waals surface area contributed by atoms with Crippen LogP contribution in [0.1, 0.15) is 69.2 Å². The summed E-state index contributed by atoms with van der Waals surface area (Å²) in [5.41, 5.74) is 5.36. The van der Waals surface area contributed by atoms with E-state index in [9.17, 15) is 0 Å². The van der Waals surface area contributed by atoms with Crippen LogP contribution in [0.5, 0.6) is 0 Å². The molecule has 0 saturated heterocycles. The maximum absolute atomic E-state index is 2.26. The summed E-state index contributed by atoms with van der Waals surface area (Å²) in [5.74, 6) is 14.7. The van der Waals surface area contributed by atoms with Crippen molar-refractivity contribution in [3.8, 4) is 0 Å². The number of benzene rings is 4. The van der Waals surface area contributed by atoms with Crippen LogP contribution in [0.2, 0.25) is 0 Å². The van der Waals surface area contributed by atoms with Gasteiger partial charge in [-0.05, 0) is 59.2 Å². The molecule has 2 aliphatic rings. The molecule has 0 amide bonds. The molecule has 0 aliphatic heterocycles. The summed E-state index contributed by atoms with van der Waals surface area (Å²) >= 11 is 0. The van der Waals surface area contributed by atoms with Crippen LogP contribution in [-0.2, 0) is 0 Å². The molecule has 4 aromatic carbocycles. The molecule has 0 N–H and O–H groups in total. The van der Waals surface area contributed by atoms with E-state index in [1.165, 1.54) is 81.0 Å². The summed E-state index contributed by atoms with van der Waals surface area (Å²) in [6, 6.07) is 43.5. The summed E-state index contributed by atoms with van der Waals surface area (Å²) in [6.07, 6.45) is -1.22. The minimum Gasteiger partial charge on any atom is -0.195 e. The summed E-state index contributed by atoms with van der Waals surface area (Å²) in [6.45, 7) is 22.0. The van der Waals surface area contributed by atoms with Gasteiger partial charge in [0.05, 0.1) is 0 Å². The van der Waals surface area contributed by atoms with E-state index in [1.807, 2.05) is 0 Å². The van der Waals surface area contributed by atoms with Gasteiger partial charge in [0.2, 0.25) is 0 Å². The molecule has 0 bridgehead atoms. The van der Waals surface area contributed by atoms with E-state index in [0.717, 1.165) is 0 Å². The SMILES string of the molecule is C[C]1[C](C)[C](C)[C](C)[C]1C.C[C]1[C](C)[C](C)[C](C)[C]1C.[Sm+3].c1ccc([B-](c2ccccc2)(c2ccccc2)c2ccccc2)cc1. The molecule has 0 atom stereocenters. The average Bonchev–Trinajstić information content (AvgIpc) is 3.37. The third-order valence-electron chi connectivity index (χ3n) is 10.8. The molecular weight excluding hydrogens is 690 g/mol. The molecule has 0 nitrogen and oxygen atoms in total. The molecule has 2 heteroatoms. The van der Waals surface area contributed by atoms with Crippen LogP contribution in [0.4, 0.5) is 0 Å². The molecule has 233 valence electrons. The van der Waals surface area contributed by atoms with E-state index in [2.05, 4.69) is 191 Å². The second-order valence-corrected chi connectivity index (χ2v) is 12.8. The Balaban J connectivity index is 0.000000227. The number of rotatable bonds is 4. The van der Waals surface area contributed by atoms with Gasteiger partial charge in [-0.25, -0.2) is 0 Å². The van der Waals surface area contributed by atoms with Crippen molar-refractivity contribution in [3.05, 3.63) is 181 Å². The molecule has 0 spiro atoms. The summed E-state index contributed by atoms with van der Waals surface area (Å²) in [7, 11) is 0. The minimum atomic E-state index is -1.22. The Morgan fingerprint density at radius 2 is 0.370 bits per heavy atom. The Bertz CT molecular complexity index is 1120. The molecule has 6 rings (SSSR count). The molecule has 0 aromatic heterocycles. The Morgan fingerprint density at radius 1 is 0.239 bits per heavy atom. The summed E-state index contributed by atoms with van der Waals surface area (Å²) < 4.78 is 0. The van der Waals surface area contributed by atoms with Gasteiger partial charge in [-0.2, -0.15) is 21.9 Å². The van der Waals surface area contributed by atoms with Gasteiger partial charge in [-0.15, -0.1) is 0 Å². The molecule has 11 radical (unpaired) electrons. The molecule has 0 unspecified atom stereocenters. The van der Waals surface area contributed by atoms with Crippen molar-refractivity contribution in [2.45, 2.75) is 69.2 Å². The fraction of sp³-hybridized carbons (Fsp3) is 0.227. The van der Waals surface area contributed by atoms with E-state index in [4.69, 9.17) is 0 Å². The van der Waals surface area contributed by atoms with Crippen LogP contribution >= 0.6 is 0 Å². The van der Waals surface area contributed by atoms with Gasteiger partial charge in [0.15, 0.2) is 0 Å². The van der Waals surface area contributed by atoms with Gasteiger partial charge in [-0.1, -0.05) is 191 Å². The predicted octanol–water partition coefficient (Wildman–Crippen LogP) is 9.01. The van der Waals surface area contributed by atoms with Gasteiger partial charge < -0.3 is 0 Å². The smallest absolute Gasteiger partial charge is 0.195 e. The van der Waals surface area contributed by atoms with E-state index in [0.29, 0.717) is 0 Å². The minimum absolute atomic E-state index is 0. The Hall–Kier alpha value is -1.72. The largest absolute Gasteiger partial charge is 3.00 e. The maximum atomic E-state index is 2.26. The Morgan fingerprint density at radius 3 is 0.500 bits per heavy atom. The van der Waals surface area contributed by atoms with Crippen molar-refractivity contribution in [1.82, 2.24) is 0 Å². The third-order valence-corrected chi connectivity index (χ3v) is 10.8. The first kappa shape index (κ1) is 38.7. The zero-order valence-corrected chi connectivity index (χ0v) is 32.2. The fourth-order valence-electron chi connectivity index (χ4n) is 6.93. The number of hydrogen-bond acceptors (Lipinski definition) is 0. The first-order valence-corrected chi connectivity index (χ1v) is 16.3. The van der Waals surface area contributed by atoms with E-state index >= 15 is 0 Å². The van der Waals surface area contributed by atoms with Crippen LogP contribution < -0.4 is 21.9 Å². The molecule has 0 heterocycles. The van der Waals surface area contributed by atoms with Crippen LogP contribution in [0.3, 0.4) is 0 Å². The predicted molar refractivity (Wildman–Crippen MR) is 199 cm³/mol. The third kappa shape index (κ3) is 8.11. The van der Waals surface area contributed by atoms with Crippen molar-refractivity contribution in [2.75, 3.05) is 0 Å².